The molecular weight excluding hydrogens is 933 g/mol. The van der Waals surface area contributed by atoms with E-state index >= 15 is 0 Å². The molecule has 2 aromatic rings. The molecule has 0 bridgehead atoms. The molecule has 0 heterocycles. The number of halogens is 3. The number of hydrogen-bond donors (Lipinski definition) is 8. The van der Waals surface area contributed by atoms with Gasteiger partial charge in [-0.15, -0.1) is 0 Å². The van der Waals surface area contributed by atoms with Crippen molar-refractivity contribution in [2.75, 3.05) is 6.61 Å². The molecule has 8 N–H and O–H groups in total. The van der Waals surface area contributed by atoms with Gasteiger partial charge >= 0.3 is 294 Å². The van der Waals surface area contributed by atoms with Crippen molar-refractivity contribution in [3.05, 3.63) is 69.8 Å². The van der Waals surface area contributed by atoms with Gasteiger partial charge in [0.15, 0.2) is 0 Å². The van der Waals surface area contributed by atoms with Gasteiger partial charge in [0.1, 0.15) is 0 Å². The van der Waals surface area contributed by atoms with Crippen molar-refractivity contribution < 1.29 is 113 Å². The maximum atomic E-state index is 12.7. The van der Waals surface area contributed by atoms with Crippen LogP contribution in [0.2, 0.25) is 0 Å². The molecule has 0 saturated carbocycles. The van der Waals surface area contributed by atoms with Crippen molar-refractivity contribution in [2.24, 2.45) is 0 Å². The molecule has 45 heavy (non-hydrogen) atoms. The Hall–Kier alpha value is -2.34. The first-order valence-electron chi connectivity index (χ1n) is 13.5. The summed E-state index contributed by atoms with van der Waals surface area (Å²) < 4.78 is 4.69. The minimum atomic E-state index is -1.91. The summed E-state index contributed by atoms with van der Waals surface area (Å²) in [6.07, 6.45) is -2.18. The predicted octanol–water partition coefficient (Wildman–Crippen LogP) is -9.13. The molecule has 0 aromatic heterocycles. The van der Waals surface area contributed by atoms with E-state index in [9.17, 15) is 44.4 Å². The molecular formula is C28H36I3N4O10-3. The van der Waals surface area contributed by atoms with E-state index in [1.165, 1.54) is 0 Å². The van der Waals surface area contributed by atoms with E-state index in [0.29, 0.717) is 12.8 Å². The zero-order valence-corrected chi connectivity index (χ0v) is 30.5. The Kier molecular flexibility index (Phi) is 18.5. The second kappa shape index (κ2) is 21.5. The van der Waals surface area contributed by atoms with Crippen LogP contribution < -0.4 is 83.4 Å². The van der Waals surface area contributed by atoms with Crippen molar-refractivity contribution >= 4 is 27.8 Å². The molecule has 17 heteroatoms. The predicted molar refractivity (Wildman–Crippen MR) is 147 cm³/mol. The van der Waals surface area contributed by atoms with Gasteiger partial charge in [-0.1, -0.05) is 0 Å². The van der Waals surface area contributed by atoms with Crippen molar-refractivity contribution in [1.29, 1.82) is 0 Å². The van der Waals surface area contributed by atoms with E-state index in [-0.39, 0.29) is 13.0 Å². The number of nitrogens with one attached hydrogen (secondary N) is 4. The number of amides is 4. The molecule has 2 rings (SSSR count). The number of carbonyl (C=O) groups is 5. The first kappa shape index (κ1) is 38.8. The van der Waals surface area contributed by atoms with Gasteiger partial charge in [0.05, 0.1) is 0 Å². The van der Waals surface area contributed by atoms with Gasteiger partial charge in [-0.3, -0.25) is 0 Å². The Morgan fingerprint density at radius 2 is 1.51 bits per heavy atom. The molecule has 2 aromatic carbocycles. The van der Waals surface area contributed by atoms with Crippen LogP contribution in [-0.4, -0.2) is 79.2 Å². The summed E-state index contributed by atoms with van der Waals surface area (Å²) in [6, 6.07) is 17.1. The molecule has 252 valence electrons. The van der Waals surface area contributed by atoms with E-state index < -0.39 is 123 Å². The van der Waals surface area contributed by atoms with E-state index in [4.69, 9.17) is 4.74 Å². The number of ether oxygens (including phenoxy) is 1. The molecule has 0 aliphatic carbocycles. The molecule has 14 nitrogen and oxygen atoms in total. The van der Waals surface area contributed by atoms with Crippen LogP contribution in [0.5, 0.6) is 0 Å². The van der Waals surface area contributed by atoms with Crippen molar-refractivity contribution in [2.45, 2.75) is 57.1 Å². The summed E-state index contributed by atoms with van der Waals surface area (Å²) in [5.74, 6) is -2.66. The quantitative estimate of drug-likeness (QED) is 0.0219. The summed E-state index contributed by atoms with van der Waals surface area (Å²) in [6.45, 7) is 1.26. The second-order valence-electron chi connectivity index (χ2n) is 9.09. The molecule has 0 radical (unpaired) electrons. The van der Waals surface area contributed by atoms with Crippen LogP contribution in [0.25, 0.3) is 0 Å². The molecule has 0 fully saturated rings. The number of alkyl halides is 3. The van der Waals surface area contributed by atoms with E-state index in [1.54, 1.807) is 42.5 Å². The van der Waals surface area contributed by atoms with Crippen LogP contribution in [0.3, 0.4) is 0 Å². The third-order valence-electron chi connectivity index (χ3n) is 5.51. The van der Waals surface area contributed by atoms with Crippen molar-refractivity contribution in [1.82, 2.24) is 19.5 Å². The van der Waals surface area contributed by atoms with Gasteiger partial charge in [0.25, 0.3) is 0 Å². The molecule has 5 atom stereocenters. The zero-order valence-electron chi connectivity index (χ0n) is 24.1. The van der Waals surface area contributed by atoms with E-state index in [1.807, 2.05) is 25.1 Å². The van der Waals surface area contributed by atoms with Crippen LogP contribution in [-0.2, 0) is 25.7 Å². The average Bonchev–Trinajstić information content (AvgIpc) is 3.02. The van der Waals surface area contributed by atoms with Gasteiger partial charge in [0.2, 0.25) is 0 Å². The van der Waals surface area contributed by atoms with Crippen LogP contribution in [0.1, 0.15) is 31.7 Å². The summed E-state index contributed by atoms with van der Waals surface area (Å²) in [5.41, 5.74) is 0.776. The minimum absolute atomic E-state index is 0.0221. The normalized spacial score (nSPS) is 14.4. The van der Waals surface area contributed by atoms with Crippen molar-refractivity contribution in [3.63, 3.8) is 0 Å². The third kappa shape index (κ3) is 15.7. The van der Waals surface area contributed by atoms with Crippen LogP contribution in [0.4, 0.5) is 9.59 Å². The first-order chi connectivity index (χ1) is 21.5. The number of carboxylic acid groups (broad SMARTS) is 1. The van der Waals surface area contributed by atoms with Crippen LogP contribution in [0.15, 0.2) is 60.7 Å². The number of hydrogen-bond acceptors (Lipinski definition) is 9. The van der Waals surface area contributed by atoms with Crippen LogP contribution >= 0.6 is 0 Å². The second-order valence-corrected chi connectivity index (χ2v) is 18.0. The molecule has 0 aliphatic rings. The van der Waals surface area contributed by atoms with Crippen LogP contribution in [0, 0.1) is 3.57 Å². The Balaban J connectivity index is 1.83. The topological polar surface area (TPSA) is 224 Å². The fourth-order valence-corrected chi connectivity index (χ4v) is 10.5. The number of alkyl carbamates (subject to hydrolysis) is 1. The Morgan fingerprint density at radius 1 is 0.867 bits per heavy atom. The summed E-state index contributed by atoms with van der Waals surface area (Å²) in [7, 11) is 0. The van der Waals surface area contributed by atoms with Gasteiger partial charge in [-0.25, -0.2) is 0 Å². The SMILES string of the molecule is CCCC(NC(=O)OCc1ccccc1)C(=O)N[I-]C(=O)NC(CO)[I-][C@@H](O)[C@H](O)C(=O)NC(CC(=O)O)[I-]c1ccccc1. The van der Waals surface area contributed by atoms with Gasteiger partial charge in [-0.05, 0) is 0 Å². The first-order valence-corrected chi connectivity index (χ1v) is 20.5. The summed E-state index contributed by atoms with van der Waals surface area (Å²) >= 11 is -4.22. The number of benzene rings is 2. The Labute approximate surface area is 291 Å². The van der Waals surface area contributed by atoms with Gasteiger partial charge in [0, 0.05) is 0 Å². The number of aliphatic carboxylic acids is 1. The average molecular weight is 969 g/mol. The molecule has 4 amide bonds. The van der Waals surface area contributed by atoms with Crippen molar-refractivity contribution in [3.8, 4) is 0 Å². The third-order valence-corrected chi connectivity index (χ3v) is 13.0. The van der Waals surface area contributed by atoms with Gasteiger partial charge < -0.3 is 0 Å². The number of carboxylic acids is 1. The number of carbonyl (C=O) groups excluding carboxylic acids is 4. The van der Waals surface area contributed by atoms with E-state index in [2.05, 4.69) is 19.5 Å². The fourth-order valence-electron chi connectivity index (χ4n) is 3.39. The summed E-state index contributed by atoms with van der Waals surface area (Å²) in [5, 5.41) is 47.4. The monoisotopic (exact) mass is 969 g/mol. The Bertz CT molecular complexity index is 1250. The Morgan fingerprint density at radius 3 is 2.11 bits per heavy atom. The standard InChI is InChI=1S/C28H36I3N4O10/c1-2-9-19(32-28(44)45-16-17-10-5-3-6-11-17)25(41)35-31-27(43)34-21(15-36)30-24(40)23(39)26(42)33-20(14-22(37)38)29-18-12-7-4-8-13-18/h3-8,10-13,19-21,23-24,36,39-40H,2,9,14-16H2,1H3,(H,32,44)(H,33,42)(H,34,43)(H,35,41)(H,37,38)/q-3/t19?,20?,21?,23-,24-/m0/s1. The van der Waals surface area contributed by atoms with E-state index in [0.717, 1.165) is 9.13 Å². The summed E-state index contributed by atoms with van der Waals surface area (Å²) in [4.78, 5) is 61.4. The van der Waals surface area contributed by atoms with Gasteiger partial charge in [-0.2, -0.15) is 0 Å². The maximum absolute atomic E-state index is 12.7. The number of aliphatic hydroxyl groups is 3. The number of rotatable bonds is 19. The molecule has 0 saturated heterocycles. The zero-order chi connectivity index (χ0) is 33.2. The molecule has 3 unspecified atom stereocenters. The fraction of sp³-hybridized carbons (Fsp3) is 0.393. The molecule has 0 spiro atoms. The molecule has 0 aliphatic heterocycles. The number of aliphatic hydroxyl groups excluding tert-OH is 3.